The van der Waals surface area contributed by atoms with Gasteiger partial charge in [0.25, 0.3) is 0 Å². The molecule has 1 aromatic heterocycles. The molecule has 0 fully saturated rings. The molecule has 0 aliphatic rings. The lowest BCUT2D eigenvalue weighted by Gasteiger charge is -2.06. The molecule has 0 aliphatic carbocycles. The van der Waals surface area contributed by atoms with Crippen molar-refractivity contribution in [2.24, 2.45) is 0 Å². The van der Waals surface area contributed by atoms with Crippen molar-refractivity contribution in [2.45, 2.75) is 6.92 Å². The molecule has 1 heterocycles. The monoisotopic (exact) mass is 249 g/mol. The summed E-state index contributed by atoms with van der Waals surface area (Å²) in [6, 6.07) is 5.01. The Labute approximate surface area is 103 Å². The van der Waals surface area contributed by atoms with Crippen LogP contribution in [0, 0.1) is 0 Å². The molecule has 0 atom stereocenters. The van der Waals surface area contributed by atoms with Gasteiger partial charge in [-0.1, -0.05) is 0 Å². The molecular weight excluding hydrogens is 238 g/mol. The van der Waals surface area contributed by atoms with E-state index in [1.165, 1.54) is 11.3 Å². The average Bonchev–Trinajstić information content (AvgIpc) is 2.81. The van der Waals surface area contributed by atoms with Gasteiger partial charge in [0.15, 0.2) is 17.8 Å². The van der Waals surface area contributed by atoms with Gasteiger partial charge in [-0.3, -0.25) is 4.79 Å². The average molecular weight is 249 g/mol. The highest BCUT2D eigenvalue weighted by Crippen LogP contribution is 2.32. The summed E-state index contributed by atoms with van der Waals surface area (Å²) >= 11 is 1.38. The minimum atomic E-state index is 0.0998. The Morgan fingerprint density at radius 2 is 2.35 bits per heavy atom. The van der Waals surface area contributed by atoms with Crippen LogP contribution in [0.2, 0.25) is 0 Å². The highest BCUT2D eigenvalue weighted by Gasteiger charge is 2.08. The fraction of sp³-hybridized carbons (Fsp3) is 0.167. The summed E-state index contributed by atoms with van der Waals surface area (Å²) < 4.78 is 5.29. The molecule has 0 saturated heterocycles. The number of hydrogen-bond donors (Lipinski definition) is 1. The molecule has 0 saturated carbocycles. The molecule has 0 bridgehead atoms. The van der Waals surface area contributed by atoms with E-state index in [2.05, 4.69) is 4.98 Å². The molecule has 2 aromatic rings. The van der Waals surface area contributed by atoms with E-state index in [1.807, 2.05) is 6.92 Å². The van der Waals surface area contributed by atoms with Crippen LogP contribution in [0.5, 0.6) is 11.5 Å². The summed E-state index contributed by atoms with van der Waals surface area (Å²) in [4.78, 5) is 14.7. The number of aldehydes is 1. The predicted octanol–water partition coefficient (Wildman–Crippen LogP) is 2.73. The molecular formula is C12H11NO3S. The largest absolute Gasteiger partial charge is 0.504 e. The van der Waals surface area contributed by atoms with Crippen LogP contribution in [0.4, 0.5) is 0 Å². The Kier molecular flexibility index (Phi) is 3.39. The zero-order valence-corrected chi connectivity index (χ0v) is 10.0. The number of ether oxygens (including phenoxy) is 1. The molecule has 88 valence electrons. The maximum atomic E-state index is 10.6. The van der Waals surface area contributed by atoms with Gasteiger partial charge in [0.2, 0.25) is 0 Å². The standard InChI is InChI=1S/C12H11NO3S/c1-2-16-11-5-8(3-4-10(11)15)12-13-9(6-14)7-17-12/h3-7,15H,2H2,1H3. The normalized spacial score (nSPS) is 10.2. The molecule has 1 N–H and O–H groups in total. The van der Waals surface area contributed by atoms with Crippen LogP contribution in [0.15, 0.2) is 23.6 Å². The molecule has 0 amide bonds. The number of carbonyl (C=O) groups excluding carboxylic acids is 1. The van der Waals surface area contributed by atoms with Crippen LogP contribution in [0.25, 0.3) is 10.6 Å². The third kappa shape index (κ3) is 2.45. The summed E-state index contributed by atoms with van der Waals surface area (Å²) in [5, 5.41) is 12.0. The second-order valence-corrected chi connectivity index (χ2v) is 4.17. The summed E-state index contributed by atoms with van der Waals surface area (Å²) in [5.41, 5.74) is 1.24. The van der Waals surface area contributed by atoms with E-state index >= 15 is 0 Å². The Morgan fingerprint density at radius 3 is 3.00 bits per heavy atom. The number of benzene rings is 1. The minimum absolute atomic E-state index is 0.0998. The fourth-order valence-electron chi connectivity index (χ4n) is 1.39. The van der Waals surface area contributed by atoms with Gasteiger partial charge in [-0.2, -0.15) is 0 Å². The lowest BCUT2D eigenvalue weighted by atomic mass is 10.2. The highest BCUT2D eigenvalue weighted by molar-refractivity contribution is 7.13. The van der Waals surface area contributed by atoms with Gasteiger partial charge in [0, 0.05) is 10.9 Å². The molecule has 2 rings (SSSR count). The summed E-state index contributed by atoms with van der Waals surface area (Å²) in [6.07, 6.45) is 0.712. The van der Waals surface area contributed by atoms with Crippen LogP contribution in [-0.4, -0.2) is 23.0 Å². The van der Waals surface area contributed by atoms with Crippen molar-refractivity contribution < 1.29 is 14.6 Å². The van der Waals surface area contributed by atoms with E-state index in [-0.39, 0.29) is 5.75 Å². The first-order valence-corrected chi connectivity index (χ1v) is 5.99. The van der Waals surface area contributed by atoms with Crippen molar-refractivity contribution in [3.8, 4) is 22.1 Å². The highest BCUT2D eigenvalue weighted by atomic mass is 32.1. The molecule has 17 heavy (non-hydrogen) atoms. The first kappa shape index (κ1) is 11.6. The Hall–Kier alpha value is -1.88. The quantitative estimate of drug-likeness (QED) is 0.846. The van der Waals surface area contributed by atoms with Gasteiger partial charge in [0.05, 0.1) is 6.61 Å². The van der Waals surface area contributed by atoms with E-state index in [9.17, 15) is 9.90 Å². The maximum absolute atomic E-state index is 10.6. The van der Waals surface area contributed by atoms with Gasteiger partial charge in [-0.25, -0.2) is 4.98 Å². The lowest BCUT2D eigenvalue weighted by Crippen LogP contribution is -1.92. The van der Waals surface area contributed by atoms with E-state index in [0.717, 1.165) is 10.6 Å². The van der Waals surface area contributed by atoms with Crippen LogP contribution in [0.3, 0.4) is 0 Å². The topological polar surface area (TPSA) is 59.4 Å². The summed E-state index contributed by atoms with van der Waals surface area (Å²) in [7, 11) is 0. The van der Waals surface area contributed by atoms with Crippen molar-refractivity contribution in [1.29, 1.82) is 0 Å². The lowest BCUT2D eigenvalue weighted by molar-refractivity contribution is 0.111. The first-order chi connectivity index (χ1) is 8.24. The van der Waals surface area contributed by atoms with E-state index in [1.54, 1.807) is 23.6 Å². The maximum Gasteiger partial charge on any atom is 0.169 e. The number of aromatic hydroxyl groups is 1. The van der Waals surface area contributed by atoms with Crippen molar-refractivity contribution in [2.75, 3.05) is 6.61 Å². The van der Waals surface area contributed by atoms with Crippen molar-refractivity contribution in [3.63, 3.8) is 0 Å². The number of phenolic OH excluding ortho intramolecular Hbond substituents is 1. The number of aromatic nitrogens is 1. The third-order valence-electron chi connectivity index (χ3n) is 2.15. The van der Waals surface area contributed by atoms with Crippen LogP contribution in [0.1, 0.15) is 17.4 Å². The van der Waals surface area contributed by atoms with Crippen molar-refractivity contribution in [3.05, 3.63) is 29.3 Å². The zero-order chi connectivity index (χ0) is 12.3. The fourth-order valence-corrected chi connectivity index (χ4v) is 2.15. The molecule has 0 aliphatic heterocycles. The van der Waals surface area contributed by atoms with Crippen LogP contribution >= 0.6 is 11.3 Å². The van der Waals surface area contributed by atoms with Crippen molar-refractivity contribution >= 4 is 17.6 Å². The molecule has 5 heteroatoms. The molecule has 0 radical (unpaired) electrons. The number of rotatable bonds is 4. The van der Waals surface area contributed by atoms with Gasteiger partial charge >= 0.3 is 0 Å². The zero-order valence-electron chi connectivity index (χ0n) is 9.21. The molecule has 4 nitrogen and oxygen atoms in total. The summed E-state index contributed by atoms with van der Waals surface area (Å²) in [6.45, 7) is 2.33. The van der Waals surface area contributed by atoms with E-state index in [0.29, 0.717) is 24.3 Å². The number of phenols is 1. The van der Waals surface area contributed by atoms with Gasteiger partial charge < -0.3 is 9.84 Å². The van der Waals surface area contributed by atoms with Gasteiger partial charge in [0.1, 0.15) is 10.7 Å². The smallest absolute Gasteiger partial charge is 0.169 e. The number of carbonyl (C=O) groups is 1. The SMILES string of the molecule is CCOc1cc(-c2nc(C=O)cs2)ccc1O. The molecule has 0 spiro atoms. The number of hydrogen-bond acceptors (Lipinski definition) is 5. The Bertz CT molecular complexity index is 536. The molecule has 1 aromatic carbocycles. The molecule has 0 unspecified atom stereocenters. The Morgan fingerprint density at radius 1 is 1.53 bits per heavy atom. The third-order valence-corrected chi connectivity index (χ3v) is 3.06. The predicted molar refractivity (Wildman–Crippen MR) is 65.8 cm³/mol. The second kappa shape index (κ2) is 4.97. The minimum Gasteiger partial charge on any atom is -0.504 e. The van der Waals surface area contributed by atoms with Gasteiger partial charge in [-0.05, 0) is 25.1 Å². The Balaban J connectivity index is 2.38. The summed E-state index contributed by atoms with van der Waals surface area (Å²) in [5.74, 6) is 0.524. The second-order valence-electron chi connectivity index (χ2n) is 3.31. The van der Waals surface area contributed by atoms with E-state index in [4.69, 9.17) is 4.74 Å². The number of thiazole rings is 1. The number of nitrogens with zero attached hydrogens (tertiary/aromatic N) is 1. The van der Waals surface area contributed by atoms with Gasteiger partial charge in [-0.15, -0.1) is 11.3 Å². The van der Waals surface area contributed by atoms with E-state index < -0.39 is 0 Å². The van der Waals surface area contributed by atoms with Crippen LogP contribution in [-0.2, 0) is 0 Å². The van der Waals surface area contributed by atoms with Crippen LogP contribution < -0.4 is 4.74 Å². The van der Waals surface area contributed by atoms with Crippen molar-refractivity contribution in [1.82, 2.24) is 4.98 Å². The first-order valence-electron chi connectivity index (χ1n) is 5.11.